The molecule has 34 heavy (non-hydrogen) atoms. The molecule has 0 aromatic rings. The number of carbonyl (C=O) groups excluding carboxylic acids is 5. The van der Waals surface area contributed by atoms with Gasteiger partial charge in [-0.15, -0.1) is 0 Å². The van der Waals surface area contributed by atoms with E-state index in [9.17, 15) is 24.0 Å². The van der Waals surface area contributed by atoms with E-state index in [0.29, 0.717) is 13.0 Å². The summed E-state index contributed by atoms with van der Waals surface area (Å²) in [7, 11) is 7.51. The number of hydrogen-bond acceptors (Lipinski definition) is 10. The Kier molecular flexibility index (Phi) is 37.9. The molecule has 0 heterocycles. The van der Waals surface area contributed by atoms with Gasteiger partial charge in [0.25, 0.3) is 0 Å². The summed E-state index contributed by atoms with van der Waals surface area (Å²) in [4.78, 5) is 50.3. The zero-order valence-corrected chi connectivity index (χ0v) is 22.6. The van der Waals surface area contributed by atoms with Crippen LogP contribution in [0, 0.1) is 0 Å². The molecule has 12 nitrogen and oxygen atoms in total. The van der Waals surface area contributed by atoms with E-state index in [1.54, 1.807) is 20.8 Å². The molecule has 0 aliphatic carbocycles. The van der Waals surface area contributed by atoms with E-state index in [1.807, 2.05) is 0 Å². The summed E-state index contributed by atoms with van der Waals surface area (Å²) < 4.78 is 22.9. The maximum atomic E-state index is 10.2. The fourth-order valence-electron chi connectivity index (χ4n) is 0.854. The maximum absolute atomic E-state index is 10.2. The predicted octanol–water partition coefficient (Wildman–Crippen LogP) is 0.457. The molecule has 3 unspecified atom stereocenters. The Morgan fingerprint density at radius 3 is 1.03 bits per heavy atom. The Bertz CT molecular complexity index is 494. The van der Waals surface area contributed by atoms with Gasteiger partial charge in [-0.1, -0.05) is 0 Å². The summed E-state index contributed by atoms with van der Waals surface area (Å²) in [6.07, 6.45) is -0.615. The Hall–Kier alpha value is -2.25. The van der Waals surface area contributed by atoms with E-state index < -0.39 is 12.0 Å². The number of nitrogens with two attached hydrogens (primary N) is 2. The second-order valence-electron chi connectivity index (χ2n) is 6.60. The van der Waals surface area contributed by atoms with E-state index in [4.69, 9.17) is 11.5 Å². The number of hydrogen-bond donors (Lipinski definition) is 2. The molecule has 0 bridgehead atoms. The molecule has 3 atom stereocenters. The van der Waals surface area contributed by atoms with Gasteiger partial charge in [-0.25, -0.2) is 0 Å². The van der Waals surface area contributed by atoms with Gasteiger partial charge in [-0.3, -0.25) is 24.0 Å². The lowest BCUT2D eigenvalue weighted by Gasteiger charge is -2.00. The van der Waals surface area contributed by atoms with Crippen LogP contribution in [0.25, 0.3) is 0 Å². The van der Waals surface area contributed by atoms with Gasteiger partial charge >= 0.3 is 0 Å². The van der Waals surface area contributed by atoms with Gasteiger partial charge in [0.2, 0.25) is 11.8 Å². The van der Waals surface area contributed by atoms with Crippen molar-refractivity contribution in [2.24, 2.45) is 11.5 Å². The Labute approximate surface area is 203 Å². The minimum atomic E-state index is -0.458. The van der Waals surface area contributed by atoms with Crippen molar-refractivity contribution in [1.29, 1.82) is 0 Å². The quantitative estimate of drug-likeness (QED) is 0.405. The number of rotatable bonds is 11. The first-order valence-electron chi connectivity index (χ1n) is 10.2. The van der Waals surface area contributed by atoms with Crippen LogP contribution in [0.4, 0.5) is 0 Å². The Balaban J connectivity index is -0.000000103. The third kappa shape index (κ3) is 47.5. The smallest absolute Gasteiger partial charge is 0.246 e. The highest BCUT2D eigenvalue weighted by Crippen LogP contribution is 1.86. The molecule has 0 aromatic carbocycles. The highest BCUT2D eigenvalue weighted by atomic mass is 16.5. The molecule has 0 saturated carbocycles. The van der Waals surface area contributed by atoms with Crippen LogP contribution in [0.2, 0.25) is 0 Å². The standard InChI is InChI=1S/2C5H10O2.2C4H9NO2.C4H8O2/c2*1-4(6)5(2)7-3;1-7-3-2-4(5)6;1-3(7-2)4(5)6;1-4(5)3-6-2/h2*5H,1-3H3;2-3H2,1H3,(H2,5,6);3H,1-2H3,(H2,5,6);3H2,1-2H3. The van der Waals surface area contributed by atoms with E-state index in [1.165, 1.54) is 56.3 Å². The summed E-state index contributed by atoms with van der Waals surface area (Å²) in [5.74, 6) is -0.535. The molecular formula is C22H46N2O10. The van der Waals surface area contributed by atoms with E-state index >= 15 is 0 Å². The number of carbonyl (C=O) groups is 5. The number of primary amides is 2. The lowest BCUT2D eigenvalue weighted by molar-refractivity contribution is -0.127. The van der Waals surface area contributed by atoms with Gasteiger partial charge in [0.1, 0.15) is 24.9 Å². The first kappa shape index (κ1) is 42.0. The molecule has 4 N–H and O–H groups in total. The van der Waals surface area contributed by atoms with E-state index in [2.05, 4.69) is 23.7 Å². The fraction of sp³-hybridized carbons (Fsp3) is 0.773. The molecule has 204 valence electrons. The van der Waals surface area contributed by atoms with Gasteiger partial charge in [0.15, 0.2) is 17.3 Å². The molecule has 12 heteroatoms. The molecule has 0 spiro atoms. The van der Waals surface area contributed by atoms with Crippen LogP contribution in [0.5, 0.6) is 0 Å². The molecule has 2 amide bonds. The van der Waals surface area contributed by atoms with Gasteiger partial charge in [-0.2, -0.15) is 0 Å². The molecule has 0 aromatic heterocycles. The van der Waals surface area contributed by atoms with Crippen molar-refractivity contribution in [1.82, 2.24) is 0 Å². The van der Waals surface area contributed by atoms with Gasteiger partial charge in [0.05, 0.1) is 6.61 Å². The van der Waals surface area contributed by atoms with Crippen LogP contribution >= 0.6 is 0 Å². The highest BCUT2D eigenvalue weighted by Gasteiger charge is 2.03. The first-order valence-corrected chi connectivity index (χ1v) is 10.2. The number of Topliss-reactive ketones (excluding diaryl/α,β-unsaturated/α-hetero) is 3. The number of amides is 2. The van der Waals surface area contributed by atoms with Crippen molar-refractivity contribution in [3.8, 4) is 0 Å². The fourth-order valence-corrected chi connectivity index (χ4v) is 0.854. The third-order valence-electron chi connectivity index (χ3n) is 3.51. The molecule has 0 saturated heterocycles. The van der Waals surface area contributed by atoms with Crippen molar-refractivity contribution < 1.29 is 47.7 Å². The molecule has 0 radical (unpaired) electrons. The van der Waals surface area contributed by atoms with Gasteiger partial charge in [0, 0.05) is 42.0 Å². The second-order valence-corrected chi connectivity index (χ2v) is 6.60. The number of ether oxygens (including phenoxy) is 5. The lowest BCUT2D eigenvalue weighted by atomic mass is 10.3. The topological polar surface area (TPSA) is 184 Å². The first-order chi connectivity index (χ1) is 15.6. The molecule has 0 aliphatic heterocycles. The van der Waals surface area contributed by atoms with Crippen molar-refractivity contribution >= 4 is 29.2 Å². The largest absolute Gasteiger partial charge is 0.384 e. The monoisotopic (exact) mass is 498 g/mol. The van der Waals surface area contributed by atoms with Crippen LogP contribution in [0.3, 0.4) is 0 Å². The Morgan fingerprint density at radius 2 is 1.00 bits per heavy atom. The average molecular weight is 499 g/mol. The predicted molar refractivity (Wildman–Crippen MR) is 128 cm³/mol. The molecule has 0 aliphatic rings. The van der Waals surface area contributed by atoms with E-state index in [-0.39, 0.29) is 42.1 Å². The van der Waals surface area contributed by atoms with Crippen LogP contribution in [0.1, 0.15) is 48.0 Å². The van der Waals surface area contributed by atoms with Gasteiger partial charge in [-0.05, 0) is 41.5 Å². The summed E-state index contributed by atoms with van der Waals surface area (Å²) in [6, 6.07) is 0. The maximum Gasteiger partial charge on any atom is 0.246 e. The van der Waals surface area contributed by atoms with Crippen molar-refractivity contribution in [3.63, 3.8) is 0 Å². The zero-order chi connectivity index (χ0) is 28.3. The SMILES string of the molecule is COC(C)C(C)=O.COC(C)C(C)=O.COC(C)C(N)=O.COCC(C)=O.COCCC(N)=O. The number of methoxy groups -OCH3 is 5. The van der Waals surface area contributed by atoms with Crippen LogP contribution in [-0.4, -0.2) is 96.2 Å². The average Bonchev–Trinajstić information content (AvgIpc) is 2.77. The highest BCUT2D eigenvalue weighted by molar-refractivity contribution is 5.80. The minimum absolute atomic E-state index is 0.0671. The molecular weight excluding hydrogens is 452 g/mol. The molecule has 0 fully saturated rings. The third-order valence-corrected chi connectivity index (χ3v) is 3.51. The Morgan fingerprint density at radius 1 is 0.647 bits per heavy atom. The normalized spacial score (nSPS) is 11.6. The summed E-state index contributed by atoms with van der Waals surface area (Å²) >= 11 is 0. The zero-order valence-electron chi connectivity index (χ0n) is 22.6. The van der Waals surface area contributed by atoms with Crippen molar-refractivity contribution in [2.45, 2.75) is 66.3 Å². The van der Waals surface area contributed by atoms with Crippen LogP contribution in [-0.2, 0) is 47.7 Å². The van der Waals surface area contributed by atoms with Crippen LogP contribution < -0.4 is 11.5 Å². The van der Waals surface area contributed by atoms with Crippen molar-refractivity contribution in [3.05, 3.63) is 0 Å². The minimum Gasteiger partial charge on any atom is -0.384 e. The summed E-state index contributed by atoms with van der Waals surface area (Å²) in [5.41, 5.74) is 9.54. The molecule has 0 rings (SSSR count). The van der Waals surface area contributed by atoms with Crippen molar-refractivity contribution in [2.75, 3.05) is 48.8 Å². The van der Waals surface area contributed by atoms with E-state index in [0.717, 1.165) is 0 Å². The van der Waals surface area contributed by atoms with Gasteiger partial charge < -0.3 is 35.2 Å². The number of ketones is 3. The second kappa shape index (κ2) is 30.8. The summed E-state index contributed by atoms with van der Waals surface area (Å²) in [5, 5.41) is 0. The summed E-state index contributed by atoms with van der Waals surface area (Å²) in [6.45, 7) is 10.2. The van der Waals surface area contributed by atoms with Crippen LogP contribution in [0.15, 0.2) is 0 Å². The lowest BCUT2D eigenvalue weighted by Crippen LogP contribution is -2.26.